The first-order valence-corrected chi connectivity index (χ1v) is 10.1. The molecule has 146 valence electrons. The molecule has 3 aliphatic rings. The summed E-state index contributed by atoms with van der Waals surface area (Å²) in [5.41, 5.74) is 3.88. The van der Waals surface area contributed by atoms with E-state index < -0.39 is 5.54 Å². The van der Waals surface area contributed by atoms with Crippen LogP contribution in [0.5, 0.6) is 0 Å². The Kier molecular flexibility index (Phi) is 3.92. The number of aryl methyl sites for hydroxylation is 1. The molecule has 3 N–H and O–H groups in total. The fourth-order valence-electron chi connectivity index (χ4n) is 4.70. The molecule has 0 radical (unpaired) electrons. The number of rotatable bonds is 1. The topological polar surface area (TPSA) is 90.1 Å². The molecule has 3 heterocycles. The summed E-state index contributed by atoms with van der Waals surface area (Å²) in [6.07, 6.45) is 4.18. The van der Waals surface area contributed by atoms with Crippen LogP contribution in [0.3, 0.4) is 0 Å². The van der Waals surface area contributed by atoms with Crippen molar-refractivity contribution in [3.05, 3.63) is 41.2 Å². The van der Waals surface area contributed by atoms with Crippen molar-refractivity contribution < 1.29 is 9.59 Å². The number of aromatic amines is 1. The molecule has 1 fully saturated rings. The third kappa shape index (κ3) is 2.68. The lowest BCUT2D eigenvalue weighted by Crippen LogP contribution is -2.59. The average Bonchev–Trinajstić information content (AvgIpc) is 3.12. The van der Waals surface area contributed by atoms with Gasteiger partial charge in [0.15, 0.2) is 5.69 Å². The Hall–Kier alpha value is -2.83. The van der Waals surface area contributed by atoms with Crippen molar-refractivity contribution in [3.8, 4) is 0 Å². The number of likely N-dealkylation sites (tertiary alicyclic amines) is 1. The van der Waals surface area contributed by atoms with Crippen molar-refractivity contribution in [1.29, 1.82) is 0 Å². The van der Waals surface area contributed by atoms with E-state index in [1.54, 1.807) is 0 Å². The number of nitrogens with one attached hydrogen (secondary N) is 3. The maximum absolute atomic E-state index is 13.1. The standard InChI is InChI=1S/C21H25N5O2/c1-13-6-7-15-14(12-13)18(25-24-15)19(27)26-10-8-21(9-11-26)20(28)22-16-4-2-3-5-17(16)23-21/h2-5,13,23H,6-12H2,1H3,(H,22,28)(H,24,25)/t13-/m0/s1. The summed E-state index contributed by atoms with van der Waals surface area (Å²) < 4.78 is 0. The van der Waals surface area contributed by atoms with Gasteiger partial charge in [0.25, 0.3) is 5.91 Å². The summed E-state index contributed by atoms with van der Waals surface area (Å²) in [4.78, 5) is 27.7. The highest BCUT2D eigenvalue weighted by molar-refractivity contribution is 6.06. The van der Waals surface area contributed by atoms with Gasteiger partial charge in [-0.25, -0.2) is 0 Å². The first-order chi connectivity index (χ1) is 13.6. The van der Waals surface area contributed by atoms with Gasteiger partial charge in [-0.05, 0) is 50.2 Å². The van der Waals surface area contributed by atoms with E-state index in [1.165, 1.54) is 0 Å². The van der Waals surface area contributed by atoms with Crippen LogP contribution in [-0.4, -0.2) is 45.5 Å². The number of benzene rings is 1. The minimum absolute atomic E-state index is 0.00993. The Morgan fingerprint density at radius 1 is 1.21 bits per heavy atom. The second-order valence-corrected chi connectivity index (χ2v) is 8.38. The number of hydrogen-bond acceptors (Lipinski definition) is 4. The van der Waals surface area contributed by atoms with Gasteiger partial charge >= 0.3 is 0 Å². The minimum atomic E-state index is -0.648. The monoisotopic (exact) mass is 379 g/mol. The normalized spacial score (nSPS) is 22.8. The van der Waals surface area contributed by atoms with Crippen molar-refractivity contribution in [3.63, 3.8) is 0 Å². The van der Waals surface area contributed by atoms with Crippen molar-refractivity contribution in [2.45, 2.75) is 44.6 Å². The molecule has 1 aromatic carbocycles. The van der Waals surface area contributed by atoms with E-state index in [-0.39, 0.29) is 11.8 Å². The van der Waals surface area contributed by atoms with Gasteiger partial charge in [0, 0.05) is 24.3 Å². The molecule has 1 atom stereocenters. The third-order valence-electron chi connectivity index (χ3n) is 6.48. The van der Waals surface area contributed by atoms with E-state index in [0.29, 0.717) is 37.5 Å². The molecular weight excluding hydrogens is 354 g/mol. The minimum Gasteiger partial charge on any atom is -0.369 e. The van der Waals surface area contributed by atoms with Crippen LogP contribution in [0.15, 0.2) is 24.3 Å². The van der Waals surface area contributed by atoms with Gasteiger partial charge in [0.1, 0.15) is 5.54 Å². The van der Waals surface area contributed by atoms with Crippen LogP contribution in [-0.2, 0) is 17.6 Å². The van der Waals surface area contributed by atoms with Crippen molar-refractivity contribution in [2.24, 2.45) is 5.92 Å². The Morgan fingerprint density at radius 2 is 1.96 bits per heavy atom. The zero-order valence-electron chi connectivity index (χ0n) is 16.0. The lowest BCUT2D eigenvalue weighted by atomic mass is 9.84. The lowest BCUT2D eigenvalue weighted by Gasteiger charge is -2.44. The summed E-state index contributed by atoms with van der Waals surface area (Å²) >= 11 is 0. The average molecular weight is 379 g/mol. The largest absolute Gasteiger partial charge is 0.369 e. The first kappa shape index (κ1) is 17.3. The van der Waals surface area contributed by atoms with Crippen LogP contribution >= 0.6 is 0 Å². The second kappa shape index (κ2) is 6.36. The van der Waals surface area contributed by atoms with Gasteiger partial charge < -0.3 is 15.5 Å². The van der Waals surface area contributed by atoms with Crippen LogP contribution in [0, 0.1) is 5.92 Å². The van der Waals surface area contributed by atoms with Gasteiger partial charge in [0.2, 0.25) is 5.91 Å². The Morgan fingerprint density at radius 3 is 2.75 bits per heavy atom. The number of piperidine rings is 1. The molecule has 2 aliphatic heterocycles. The smallest absolute Gasteiger partial charge is 0.274 e. The van der Waals surface area contributed by atoms with Gasteiger partial charge in [-0.1, -0.05) is 19.1 Å². The maximum atomic E-state index is 13.1. The van der Waals surface area contributed by atoms with Gasteiger partial charge in [0.05, 0.1) is 11.4 Å². The van der Waals surface area contributed by atoms with Gasteiger partial charge in [-0.15, -0.1) is 0 Å². The molecule has 0 unspecified atom stereocenters. The Labute approximate surface area is 163 Å². The van der Waals surface area contributed by atoms with Crippen LogP contribution in [0.2, 0.25) is 0 Å². The summed E-state index contributed by atoms with van der Waals surface area (Å²) in [6.45, 7) is 3.30. The maximum Gasteiger partial charge on any atom is 0.274 e. The fourth-order valence-corrected chi connectivity index (χ4v) is 4.70. The number of fused-ring (bicyclic) bond motifs is 2. The number of carbonyl (C=O) groups is 2. The highest BCUT2D eigenvalue weighted by Crippen LogP contribution is 2.36. The summed E-state index contributed by atoms with van der Waals surface area (Å²) in [5.74, 6) is 0.554. The van der Waals surface area contributed by atoms with Crippen LogP contribution < -0.4 is 10.6 Å². The van der Waals surface area contributed by atoms with Gasteiger partial charge in [-0.3, -0.25) is 14.7 Å². The molecular formula is C21H25N5O2. The predicted molar refractivity (Wildman–Crippen MR) is 106 cm³/mol. The first-order valence-electron chi connectivity index (χ1n) is 10.1. The van der Waals surface area contributed by atoms with E-state index >= 15 is 0 Å². The number of carbonyl (C=O) groups excluding carboxylic acids is 2. The zero-order chi connectivity index (χ0) is 19.3. The molecule has 0 bridgehead atoms. The molecule has 28 heavy (non-hydrogen) atoms. The number of aromatic nitrogens is 2. The number of amides is 2. The molecule has 5 rings (SSSR count). The second-order valence-electron chi connectivity index (χ2n) is 8.38. The molecule has 1 aliphatic carbocycles. The quantitative estimate of drug-likeness (QED) is 0.710. The SMILES string of the molecule is C[C@H]1CCc2[nH]nc(C(=O)N3CCC4(CC3)Nc3ccccc3NC4=O)c2C1. The van der Waals surface area contributed by atoms with E-state index in [4.69, 9.17) is 0 Å². The number of nitrogens with zero attached hydrogens (tertiary/aromatic N) is 2. The van der Waals surface area contributed by atoms with Crippen molar-refractivity contribution in [1.82, 2.24) is 15.1 Å². The number of para-hydroxylation sites is 2. The Bertz CT molecular complexity index is 942. The molecule has 1 saturated heterocycles. The van der Waals surface area contributed by atoms with Crippen LogP contribution in [0.25, 0.3) is 0 Å². The predicted octanol–water partition coefficient (Wildman–Crippen LogP) is 2.57. The highest BCUT2D eigenvalue weighted by Gasteiger charge is 2.45. The lowest BCUT2D eigenvalue weighted by molar-refractivity contribution is -0.122. The third-order valence-corrected chi connectivity index (χ3v) is 6.48. The molecule has 1 spiro atoms. The van der Waals surface area contributed by atoms with Crippen LogP contribution in [0.1, 0.15) is 47.9 Å². The molecule has 2 aromatic rings. The number of H-pyrrole nitrogens is 1. The van der Waals surface area contributed by atoms with Crippen molar-refractivity contribution >= 4 is 23.2 Å². The zero-order valence-corrected chi connectivity index (χ0v) is 16.0. The van der Waals surface area contributed by atoms with E-state index in [1.807, 2.05) is 29.2 Å². The molecule has 0 saturated carbocycles. The summed E-state index contributed by atoms with van der Waals surface area (Å²) in [5, 5.41) is 13.9. The Balaban J connectivity index is 1.32. The highest BCUT2D eigenvalue weighted by atomic mass is 16.2. The van der Waals surface area contributed by atoms with Gasteiger partial charge in [-0.2, -0.15) is 5.10 Å². The van der Waals surface area contributed by atoms with E-state index in [9.17, 15) is 9.59 Å². The molecule has 1 aromatic heterocycles. The molecule has 7 nitrogen and oxygen atoms in total. The van der Waals surface area contributed by atoms with Crippen LogP contribution in [0.4, 0.5) is 11.4 Å². The molecule has 7 heteroatoms. The van der Waals surface area contributed by atoms with E-state index in [0.717, 1.165) is 41.9 Å². The molecule has 2 amide bonds. The summed E-state index contributed by atoms with van der Waals surface area (Å²) in [7, 11) is 0. The van der Waals surface area contributed by atoms with E-state index in [2.05, 4.69) is 27.8 Å². The fraction of sp³-hybridized carbons (Fsp3) is 0.476. The number of anilines is 2. The number of hydrogen-bond donors (Lipinski definition) is 3. The van der Waals surface area contributed by atoms with Crippen molar-refractivity contribution in [2.75, 3.05) is 23.7 Å². The summed E-state index contributed by atoms with van der Waals surface area (Å²) in [6, 6.07) is 7.74.